The molecule has 0 unspecified atom stereocenters. The third-order valence-electron chi connectivity index (χ3n) is 10.7. The molecule has 9 atom stereocenters. The molecule has 2 aromatic rings. The summed E-state index contributed by atoms with van der Waals surface area (Å²) in [6, 6.07) is 9.08. The number of carbonyl (C=O) groups is 4. The van der Waals surface area contributed by atoms with Crippen molar-refractivity contribution in [3.05, 3.63) is 69.8 Å². The van der Waals surface area contributed by atoms with Gasteiger partial charge in [-0.3, -0.25) is 29.8 Å². The van der Waals surface area contributed by atoms with Crippen molar-refractivity contribution in [2.45, 2.75) is 83.1 Å². The van der Waals surface area contributed by atoms with Gasteiger partial charge in [-0.25, -0.2) is 4.79 Å². The molecule has 1 N–H and O–H groups in total. The number of hydrogen-bond donors (Lipinski definition) is 1. The molecular weight excluding hydrogens is 646 g/mol. The van der Waals surface area contributed by atoms with E-state index in [1.54, 1.807) is 31.4 Å². The van der Waals surface area contributed by atoms with Crippen molar-refractivity contribution in [2.24, 2.45) is 29.6 Å². The summed E-state index contributed by atoms with van der Waals surface area (Å²) in [5, 5.41) is 14.8. The second kappa shape index (κ2) is 15.6. The zero-order valence-corrected chi connectivity index (χ0v) is 29.4. The summed E-state index contributed by atoms with van der Waals surface area (Å²) >= 11 is 0. The van der Waals surface area contributed by atoms with Crippen LogP contribution in [-0.2, 0) is 33.4 Å². The van der Waals surface area contributed by atoms with Gasteiger partial charge in [-0.2, -0.15) is 0 Å². The maximum absolute atomic E-state index is 15.0. The van der Waals surface area contributed by atoms with Gasteiger partial charge in [0.1, 0.15) is 23.9 Å². The van der Waals surface area contributed by atoms with E-state index in [9.17, 15) is 29.3 Å². The quantitative estimate of drug-likeness (QED) is 0.155. The van der Waals surface area contributed by atoms with E-state index in [0.29, 0.717) is 29.2 Å². The SMILES string of the molecule is COC(=O)[C@H]1C[C@@H](C(=O)N2[C@H](C(=O)OC)C[C@H](C(=O)O[C@@H]3C[C@H](C)CC[C@H]3C(C)C)[C@@H]2c2ccc([N+](=O)[O-])cc2)[C@@H](c2ccc(OC)cc2)N1. The first-order valence-electron chi connectivity index (χ1n) is 17.2. The molecule has 1 aliphatic carbocycles. The Morgan fingerprint density at radius 1 is 0.840 bits per heavy atom. The summed E-state index contributed by atoms with van der Waals surface area (Å²) in [7, 11) is 4.03. The van der Waals surface area contributed by atoms with Crippen LogP contribution in [0.5, 0.6) is 5.75 Å². The fraction of sp³-hybridized carbons (Fsp3) is 0.568. The Morgan fingerprint density at radius 3 is 2.06 bits per heavy atom. The van der Waals surface area contributed by atoms with Crippen LogP contribution in [0.3, 0.4) is 0 Å². The van der Waals surface area contributed by atoms with Gasteiger partial charge in [0.2, 0.25) is 5.91 Å². The molecule has 0 bridgehead atoms. The minimum atomic E-state index is -1.16. The van der Waals surface area contributed by atoms with E-state index < -0.39 is 64.7 Å². The molecule has 2 heterocycles. The largest absolute Gasteiger partial charge is 0.497 e. The van der Waals surface area contributed by atoms with Crippen LogP contribution < -0.4 is 10.1 Å². The summed E-state index contributed by atoms with van der Waals surface area (Å²) in [5.41, 5.74) is 0.981. The highest BCUT2D eigenvalue weighted by Gasteiger charge is 2.55. The molecule has 5 rings (SSSR count). The van der Waals surface area contributed by atoms with Gasteiger partial charge in [-0.1, -0.05) is 51.5 Å². The summed E-state index contributed by atoms with van der Waals surface area (Å²) in [4.78, 5) is 68.0. The molecule has 1 amide bonds. The first kappa shape index (κ1) is 36.8. The van der Waals surface area contributed by atoms with Crippen LogP contribution in [0.1, 0.15) is 76.1 Å². The highest BCUT2D eigenvalue weighted by atomic mass is 16.6. The number of benzene rings is 2. The Labute approximate surface area is 292 Å². The lowest BCUT2D eigenvalue weighted by Crippen LogP contribution is -2.46. The molecule has 13 nitrogen and oxygen atoms in total. The Kier molecular flexibility index (Phi) is 11.4. The van der Waals surface area contributed by atoms with Crippen molar-refractivity contribution >= 4 is 29.5 Å². The predicted octanol–water partition coefficient (Wildman–Crippen LogP) is 4.93. The predicted molar refractivity (Wildman–Crippen MR) is 181 cm³/mol. The van der Waals surface area contributed by atoms with Gasteiger partial charge < -0.3 is 23.8 Å². The van der Waals surface area contributed by atoms with E-state index in [2.05, 4.69) is 26.1 Å². The third-order valence-corrected chi connectivity index (χ3v) is 10.7. The van der Waals surface area contributed by atoms with Crippen molar-refractivity contribution in [1.82, 2.24) is 10.2 Å². The molecule has 50 heavy (non-hydrogen) atoms. The zero-order chi connectivity index (χ0) is 36.3. The van der Waals surface area contributed by atoms with Crippen LogP contribution in [0.15, 0.2) is 48.5 Å². The summed E-state index contributed by atoms with van der Waals surface area (Å²) in [6.07, 6.45) is 2.33. The summed E-state index contributed by atoms with van der Waals surface area (Å²) < 4.78 is 21.8. The second-order valence-corrected chi connectivity index (χ2v) is 14.1. The number of nitrogens with zero attached hydrogens (tertiary/aromatic N) is 2. The van der Waals surface area contributed by atoms with Gasteiger partial charge in [-0.15, -0.1) is 0 Å². The number of non-ortho nitro benzene ring substituents is 1. The topological polar surface area (TPSA) is 164 Å². The number of nitro benzene ring substituents is 1. The third kappa shape index (κ3) is 7.47. The van der Waals surface area contributed by atoms with E-state index in [1.807, 2.05) is 0 Å². The first-order valence-corrected chi connectivity index (χ1v) is 17.2. The molecule has 2 aromatic carbocycles. The van der Waals surface area contributed by atoms with Crippen molar-refractivity contribution in [1.29, 1.82) is 0 Å². The average Bonchev–Trinajstić information content (AvgIpc) is 3.74. The van der Waals surface area contributed by atoms with Gasteiger partial charge in [0.25, 0.3) is 5.69 Å². The van der Waals surface area contributed by atoms with Gasteiger partial charge in [0.15, 0.2) is 0 Å². The van der Waals surface area contributed by atoms with Crippen molar-refractivity contribution in [3.63, 3.8) is 0 Å². The molecular formula is C37H47N3O10. The van der Waals surface area contributed by atoms with E-state index in [0.717, 1.165) is 12.8 Å². The van der Waals surface area contributed by atoms with Crippen LogP contribution in [0.25, 0.3) is 0 Å². The van der Waals surface area contributed by atoms with Gasteiger partial charge in [-0.05, 0) is 66.7 Å². The molecule has 3 aliphatic rings. The number of nitrogens with one attached hydrogen (secondary N) is 1. The number of hydrogen-bond acceptors (Lipinski definition) is 11. The summed E-state index contributed by atoms with van der Waals surface area (Å²) in [6.45, 7) is 6.36. The van der Waals surface area contributed by atoms with Crippen LogP contribution in [-0.4, -0.2) is 73.2 Å². The van der Waals surface area contributed by atoms with E-state index in [-0.39, 0.29) is 36.5 Å². The maximum atomic E-state index is 15.0. The minimum absolute atomic E-state index is 0.0602. The van der Waals surface area contributed by atoms with Gasteiger partial charge >= 0.3 is 17.9 Å². The van der Waals surface area contributed by atoms with Gasteiger partial charge in [0, 0.05) is 18.2 Å². The van der Waals surface area contributed by atoms with Crippen LogP contribution in [0.2, 0.25) is 0 Å². The van der Waals surface area contributed by atoms with E-state index in [1.165, 1.54) is 43.4 Å². The molecule has 13 heteroatoms. The number of ether oxygens (including phenoxy) is 4. The van der Waals surface area contributed by atoms with Crippen molar-refractivity contribution in [2.75, 3.05) is 21.3 Å². The number of amides is 1. The molecule has 2 saturated heterocycles. The Morgan fingerprint density at radius 2 is 1.48 bits per heavy atom. The van der Waals surface area contributed by atoms with Crippen LogP contribution in [0, 0.1) is 39.7 Å². The van der Waals surface area contributed by atoms with E-state index in [4.69, 9.17) is 18.9 Å². The zero-order valence-electron chi connectivity index (χ0n) is 29.4. The Bertz CT molecular complexity index is 1560. The number of esters is 3. The van der Waals surface area contributed by atoms with Crippen LogP contribution >= 0.6 is 0 Å². The molecule has 0 aromatic heterocycles. The number of rotatable bonds is 10. The van der Waals surface area contributed by atoms with Crippen molar-refractivity contribution < 1.29 is 43.0 Å². The lowest BCUT2D eigenvalue weighted by atomic mass is 9.75. The number of nitro groups is 1. The Balaban J connectivity index is 1.57. The summed E-state index contributed by atoms with van der Waals surface area (Å²) in [5.74, 6) is -2.68. The molecule has 0 radical (unpaired) electrons. The average molecular weight is 694 g/mol. The lowest BCUT2D eigenvalue weighted by Gasteiger charge is -2.38. The van der Waals surface area contributed by atoms with Crippen molar-refractivity contribution in [3.8, 4) is 5.75 Å². The van der Waals surface area contributed by atoms with Gasteiger partial charge in [0.05, 0.1) is 44.1 Å². The van der Waals surface area contributed by atoms with E-state index >= 15 is 0 Å². The smallest absolute Gasteiger partial charge is 0.328 e. The number of carbonyl (C=O) groups excluding carboxylic acids is 4. The molecule has 270 valence electrons. The fourth-order valence-corrected chi connectivity index (χ4v) is 8.08. The maximum Gasteiger partial charge on any atom is 0.328 e. The monoisotopic (exact) mass is 693 g/mol. The highest BCUT2D eigenvalue weighted by Crippen LogP contribution is 2.47. The highest BCUT2D eigenvalue weighted by molar-refractivity contribution is 5.91. The fourth-order valence-electron chi connectivity index (χ4n) is 8.08. The minimum Gasteiger partial charge on any atom is -0.497 e. The number of likely N-dealkylation sites (tertiary alicyclic amines) is 1. The Hall–Kier alpha value is -4.52. The standard InChI is InChI=1S/C37H47N3O10/c1-20(2)26-16-7-21(3)17-31(26)50-35(42)28-19-30(37(44)49-6)39(33(28)23-8-12-24(13-9-23)40(45)46)34(41)27-18-29(36(43)48-5)38-32(27)22-10-14-25(47-4)15-11-22/h8-15,20-21,26-33,38H,7,16-19H2,1-6H3/t21-,26+,27-,28+,29-,30+,31-,32-,33+/m1/s1. The normalized spacial score (nSPS) is 29.3. The molecule has 0 spiro atoms. The van der Waals surface area contributed by atoms with Crippen LogP contribution in [0.4, 0.5) is 5.69 Å². The second-order valence-electron chi connectivity index (χ2n) is 14.1. The molecule has 2 aliphatic heterocycles. The number of methoxy groups -OCH3 is 3. The molecule has 3 fully saturated rings. The lowest BCUT2D eigenvalue weighted by molar-refractivity contribution is -0.384. The first-order chi connectivity index (χ1) is 23.9. The molecule has 1 saturated carbocycles.